The van der Waals surface area contributed by atoms with Crippen LogP contribution < -0.4 is 0 Å². The molecule has 0 radical (unpaired) electrons. The second-order valence-corrected chi connectivity index (χ2v) is 4.71. The van der Waals surface area contributed by atoms with Gasteiger partial charge in [0.1, 0.15) is 0 Å². The summed E-state index contributed by atoms with van der Waals surface area (Å²) in [5, 5.41) is 0. The number of rotatable bonds is 2. The van der Waals surface area contributed by atoms with Crippen molar-refractivity contribution in [2.45, 2.75) is 20.8 Å². The first-order valence-corrected chi connectivity index (χ1v) is 5.91. The topological polar surface area (TPSA) is 0 Å². The van der Waals surface area contributed by atoms with Crippen LogP contribution in [0.1, 0.15) is 22.3 Å². The van der Waals surface area contributed by atoms with Gasteiger partial charge in [-0.25, -0.2) is 0 Å². The van der Waals surface area contributed by atoms with Gasteiger partial charge in [0.15, 0.2) is 0 Å². The highest BCUT2D eigenvalue weighted by Gasteiger charge is 2.01. The highest BCUT2D eigenvalue weighted by molar-refractivity contribution is 5.69. The van der Waals surface area contributed by atoms with Crippen LogP contribution in [0.3, 0.4) is 0 Å². The standard InChI is InChI=1S/C17H18/c1-5-15-7-14(4)10-17(11-15)16-8-12(2)6-13(3)9-16/h5-11H,1H2,2-4H3. The van der Waals surface area contributed by atoms with Gasteiger partial charge < -0.3 is 0 Å². The summed E-state index contributed by atoms with van der Waals surface area (Å²) in [5.74, 6) is 0. The lowest BCUT2D eigenvalue weighted by Crippen LogP contribution is -1.85. The molecule has 0 heteroatoms. The van der Waals surface area contributed by atoms with Gasteiger partial charge in [-0.3, -0.25) is 0 Å². The zero-order chi connectivity index (χ0) is 12.4. The van der Waals surface area contributed by atoms with Crippen LogP contribution in [0.15, 0.2) is 43.0 Å². The lowest BCUT2D eigenvalue weighted by atomic mass is 9.97. The normalized spacial score (nSPS) is 10.3. The van der Waals surface area contributed by atoms with Gasteiger partial charge in [0.25, 0.3) is 0 Å². The van der Waals surface area contributed by atoms with Crippen LogP contribution in [0.4, 0.5) is 0 Å². The Hall–Kier alpha value is -1.82. The third kappa shape index (κ3) is 2.65. The summed E-state index contributed by atoms with van der Waals surface area (Å²) in [6.07, 6.45) is 1.90. The number of benzene rings is 2. The van der Waals surface area contributed by atoms with Gasteiger partial charge in [-0.1, -0.05) is 54.1 Å². The van der Waals surface area contributed by atoms with Crippen molar-refractivity contribution in [1.29, 1.82) is 0 Å². The van der Waals surface area contributed by atoms with Crippen molar-refractivity contribution in [3.63, 3.8) is 0 Å². The fourth-order valence-electron chi connectivity index (χ4n) is 2.24. The lowest BCUT2D eigenvalue weighted by molar-refractivity contribution is 1.37. The van der Waals surface area contributed by atoms with Crippen LogP contribution in [-0.2, 0) is 0 Å². The average Bonchev–Trinajstić information content (AvgIpc) is 2.26. The minimum Gasteiger partial charge on any atom is -0.0985 e. The summed E-state index contributed by atoms with van der Waals surface area (Å²) in [7, 11) is 0. The molecule has 0 nitrogen and oxygen atoms in total. The Balaban J connectivity index is 2.59. The summed E-state index contributed by atoms with van der Waals surface area (Å²) < 4.78 is 0. The first-order valence-electron chi connectivity index (χ1n) is 5.91. The molecule has 0 aliphatic heterocycles. The molecule has 17 heavy (non-hydrogen) atoms. The van der Waals surface area contributed by atoms with Gasteiger partial charge >= 0.3 is 0 Å². The van der Waals surface area contributed by atoms with Gasteiger partial charge in [0, 0.05) is 0 Å². The van der Waals surface area contributed by atoms with Gasteiger partial charge in [0.05, 0.1) is 0 Å². The van der Waals surface area contributed by atoms with Crippen molar-refractivity contribution in [2.75, 3.05) is 0 Å². The SMILES string of the molecule is C=Cc1cc(C)cc(-c2cc(C)cc(C)c2)c1. The second kappa shape index (κ2) is 4.58. The molecule has 0 unspecified atom stereocenters. The van der Waals surface area contributed by atoms with E-state index in [2.05, 4.69) is 63.7 Å². The number of hydrogen-bond acceptors (Lipinski definition) is 0. The van der Waals surface area contributed by atoms with Gasteiger partial charge in [-0.05, 0) is 49.1 Å². The third-order valence-electron chi connectivity index (χ3n) is 2.89. The molecule has 0 saturated heterocycles. The Labute approximate surface area is 104 Å². The van der Waals surface area contributed by atoms with Crippen LogP contribution in [-0.4, -0.2) is 0 Å². The Kier molecular flexibility index (Phi) is 3.14. The maximum Gasteiger partial charge on any atom is -0.0175 e. The van der Waals surface area contributed by atoms with Crippen molar-refractivity contribution in [3.05, 3.63) is 65.2 Å². The van der Waals surface area contributed by atoms with Crippen molar-refractivity contribution in [1.82, 2.24) is 0 Å². The average molecular weight is 222 g/mol. The first-order chi connectivity index (χ1) is 8.08. The van der Waals surface area contributed by atoms with Crippen LogP contribution in [0.5, 0.6) is 0 Å². The predicted molar refractivity (Wildman–Crippen MR) is 76.2 cm³/mol. The largest absolute Gasteiger partial charge is 0.0985 e. The molecule has 0 bridgehead atoms. The molecule has 86 valence electrons. The summed E-state index contributed by atoms with van der Waals surface area (Å²) in [6, 6.07) is 13.2. The van der Waals surface area contributed by atoms with Crippen LogP contribution in [0, 0.1) is 20.8 Å². The zero-order valence-corrected chi connectivity index (χ0v) is 10.7. The van der Waals surface area contributed by atoms with E-state index in [1.54, 1.807) is 0 Å². The molecule has 0 heterocycles. The van der Waals surface area contributed by atoms with E-state index in [9.17, 15) is 0 Å². The molecule has 0 fully saturated rings. The Morgan fingerprint density at radius 1 is 0.706 bits per heavy atom. The van der Waals surface area contributed by atoms with Gasteiger partial charge in [0.2, 0.25) is 0 Å². The van der Waals surface area contributed by atoms with Crippen LogP contribution in [0.25, 0.3) is 17.2 Å². The molecule has 2 rings (SSSR count). The molecule has 2 aromatic rings. The van der Waals surface area contributed by atoms with E-state index < -0.39 is 0 Å². The first kappa shape index (κ1) is 11.7. The predicted octanol–water partition coefficient (Wildman–Crippen LogP) is 4.92. The fraction of sp³-hybridized carbons (Fsp3) is 0.176. The van der Waals surface area contributed by atoms with E-state index in [0.717, 1.165) is 0 Å². The van der Waals surface area contributed by atoms with Crippen molar-refractivity contribution < 1.29 is 0 Å². The molecule has 0 aliphatic carbocycles. The molecule has 0 N–H and O–H groups in total. The quantitative estimate of drug-likeness (QED) is 0.676. The molecule has 0 amide bonds. The summed E-state index contributed by atoms with van der Waals surface area (Å²) in [6.45, 7) is 10.2. The van der Waals surface area contributed by atoms with Crippen LogP contribution in [0.2, 0.25) is 0 Å². The Bertz CT molecular complexity index is 542. The van der Waals surface area contributed by atoms with E-state index in [4.69, 9.17) is 0 Å². The van der Waals surface area contributed by atoms with E-state index in [1.165, 1.54) is 33.4 Å². The van der Waals surface area contributed by atoms with Gasteiger partial charge in [-0.2, -0.15) is 0 Å². The molecular weight excluding hydrogens is 204 g/mol. The Morgan fingerprint density at radius 3 is 1.71 bits per heavy atom. The van der Waals surface area contributed by atoms with Crippen LogP contribution >= 0.6 is 0 Å². The summed E-state index contributed by atoms with van der Waals surface area (Å²) >= 11 is 0. The van der Waals surface area contributed by atoms with E-state index >= 15 is 0 Å². The smallest absolute Gasteiger partial charge is 0.0175 e. The second-order valence-electron chi connectivity index (χ2n) is 4.71. The molecule has 0 aliphatic rings. The van der Waals surface area contributed by atoms with E-state index in [0.29, 0.717) is 0 Å². The molecule has 0 aromatic heterocycles. The minimum absolute atomic E-state index is 1.18. The van der Waals surface area contributed by atoms with E-state index in [1.807, 2.05) is 6.08 Å². The highest BCUT2D eigenvalue weighted by Crippen LogP contribution is 2.25. The maximum atomic E-state index is 3.84. The third-order valence-corrected chi connectivity index (χ3v) is 2.89. The van der Waals surface area contributed by atoms with E-state index in [-0.39, 0.29) is 0 Å². The fourth-order valence-corrected chi connectivity index (χ4v) is 2.24. The zero-order valence-electron chi connectivity index (χ0n) is 10.7. The summed E-state index contributed by atoms with van der Waals surface area (Å²) in [5.41, 5.74) is 7.63. The lowest BCUT2D eigenvalue weighted by Gasteiger charge is -2.08. The molecule has 0 atom stereocenters. The molecule has 0 saturated carbocycles. The van der Waals surface area contributed by atoms with Crippen molar-refractivity contribution >= 4 is 6.08 Å². The molecule has 0 spiro atoms. The molecule has 2 aromatic carbocycles. The molecular formula is C17H18. The monoisotopic (exact) mass is 222 g/mol. The number of hydrogen-bond donors (Lipinski definition) is 0. The highest BCUT2D eigenvalue weighted by atomic mass is 14.1. The van der Waals surface area contributed by atoms with Crippen molar-refractivity contribution in [2.24, 2.45) is 0 Å². The van der Waals surface area contributed by atoms with Gasteiger partial charge in [-0.15, -0.1) is 0 Å². The summed E-state index contributed by atoms with van der Waals surface area (Å²) in [4.78, 5) is 0. The van der Waals surface area contributed by atoms with Crippen molar-refractivity contribution in [3.8, 4) is 11.1 Å². The maximum absolute atomic E-state index is 3.84. The number of aryl methyl sites for hydroxylation is 3. The minimum atomic E-state index is 1.18. The Morgan fingerprint density at radius 2 is 1.18 bits per heavy atom.